The molecule has 1 rings (SSSR count). The average Bonchev–Trinajstić information content (AvgIpc) is 1.77. The lowest BCUT2D eigenvalue weighted by Crippen LogP contribution is -2.05. The molecule has 0 saturated heterocycles. The Morgan fingerprint density at radius 2 is 2.38 bits per heavy atom. The van der Waals surface area contributed by atoms with Crippen molar-refractivity contribution in [3.8, 4) is 0 Å². The van der Waals surface area contributed by atoms with Gasteiger partial charge in [0.1, 0.15) is 0 Å². The fourth-order valence-electron chi connectivity index (χ4n) is 0.743. The lowest BCUT2D eigenvalue weighted by Gasteiger charge is -2.03. The summed E-state index contributed by atoms with van der Waals surface area (Å²) in [5.74, 6) is -0.160. The summed E-state index contributed by atoms with van der Waals surface area (Å²) in [7, 11) is 0. The van der Waals surface area contributed by atoms with E-state index in [2.05, 4.69) is 0 Å². The average molecular weight is 112 g/mol. The highest BCUT2D eigenvalue weighted by atomic mass is 16.3. The summed E-state index contributed by atoms with van der Waals surface area (Å²) in [6.45, 7) is 0. The molecular weight excluding hydrogens is 104 g/mol. The number of hydrogen-bond acceptors (Lipinski definition) is 2. The number of rotatable bonds is 0. The second kappa shape index (κ2) is 1.99. The molecule has 1 aliphatic rings. The minimum Gasteiger partial charge on any atom is -0.505 e. The molecule has 0 radical (unpaired) electrons. The zero-order chi connectivity index (χ0) is 5.98. The van der Waals surface area contributed by atoms with Gasteiger partial charge in [-0.1, -0.05) is 0 Å². The minimum absolute atomic E-state index is 0.0451. The summed E-state index contributed by atoms with van der Waals surface area (Å²) in [6.07, 6.45) is 3.83. The molecule has 0 fully saturated rings. The number of ketones is 1. The molecule has 0 atom stereocenters. The van der Waals surface area contributed by atoms with Gasteiger partial charge in [-0.25, -0.2) is 0 Å². The summed E-state index contributed by atoms with van der Waals surface area (Å²) in [4.78, 5) is 10.5. The highest BCUT2D eigenvalue weighted by molar-refractivity contribution is 5.93. The maximum atomic E-state index is 10.5. The van der Waals surface area contributed by atoms with Crippen LogP contribution >= 0.6 is 0 Å². The topological polar surface area (TPSA) is 37.3 Å². The zero-order valence-corrected chi connectivity index (χ0v) is 4.55. The molecule has 0 spiro atoms. The van der Waals surface area contributed by atoms with Crippen molar-refractivity contribution in [2.75, 3.05) is 0 Å². The van der Waals surface area contributed by atoms with Crippen molar-refractivity contribution in [2.24, 2.45) is 0 Å². The van der Waals surface area contributed by atoms with E-state index in [4.69, 9.17) is 5.11 Å². The van der Waals surface area contributed by atoms with Gasteiger partial charge in [0.25, 0.3) is 0 Å². The van der Waals surface area contributed by atoms with Crippen molar-refractivity contribution >= 4 is 5.78 Å². The van der Waals surface area contributed by atoms with Crippen molar-refractivity contribution < 1.29 is 9.90 Å². The van der Waals surface area contributed by atoms with Crippen LogP contribution in [0.5, 0.6) is 0 Å². The van der Waals surface area contributed by atoms with Gasteiger partial charge in [-0.3, -0.25) is 4.79 Å². The molecule has 2 heteroatoms. The summed E-state index contributed by atoms with van der Waals surface area (Å²) < 4.78 is 0. The molecule has 8 heavy (non-hydrogen) atoms. The lowest BCUT2D eigenvalue weighted by molar-refractivity contribution is -0.118. The van der Waals surface area contributed by atoms with Gasteiger partial charge in [0, 0.05) is 6.42 Å². The molecule has 0 aromatic heterocycles. The number of allylic oxidation sites excluding steroid dienone is 2. The molecule has 0 aliphatic heterocycles. The molecular formula is C6H8O2. The van der Waals surface area contributed by atoms with Crippen LogP contribution in [0.2, 0.25) is 0 Å². The van der Waals surface area contributed by atoms with E-state index in [9.17, 15) is 4.79 Å². The standard InChI is InChI=1S/C6H8O2/c7-5-3-1-2-4-6(5)8/h3,7H,1-2,4H2. The van der Waals surface area contributed by atoms with Crippen LogP contribution in [0, 0.1) is 0 Å². The van der Waals surface area contributed by atoms with E-state index in [1.54, 1.807) is 6.08 Å². The molecule has 0 amide bonds. The van der Waals surface area contributed by atoms with Gasteiger partial charge in [-0.2, -0.15) is 0 Å². The van der Waals surface area contributed by atoms with Crippen LogP contribution < -0.4 is 0 Å². The SMILES string of the molecule is O=C1CCCC=C1O. The predicted molar refractivity (Wildman–Crippen MR) is 29.6 cm³/mol. The van der Waals surface area contributed by atoms with Gasteiger partial charge in [0.05, 0.1) is 0 Å². The quantitative estimate of drug-likeness (QED) is 0.511. The van der Waals surface area contributed by atoms with Crippen molar-refractivity contribution in [3.05, 3.63) is 11.8 Å². The molecule has 44 valence electrons. The Bertz CT molecular complexity index is 135. The number of carbonyl (C=O) groups is 1. The van der Waals surface area contributed by atoms with E-state index in [1.165, 1.54) is 0 Å². The van der Waals surface area contributed by atoms with Gasteiger partial charge >= 0.3 is 0 Å². The van der Waals surface area contributed by atoms with Crippen LogP contribution in [-0.2, 0) is 4.79 Å². The first-order valence-corrected chi connectivity index (χ1v) is 2.73. The number of aliphatic hydroxyl groups excluding tert-OH is 1. The Balaban J connectivity index is 2.67. The highest BCUT2D eigenvalue weighted by Gasteiger charge is 2.10. The van der Waals surface area contributed by atoms with Crippen molar-refractivity contribution in [3.63, 3.8) is 0 Å². The van der Waals surface area contributed by atoms with E-state index in [0.29, 0.717) is 6.42 Å². The maximum Gasteiger partial charge on any atom is 0.196 e. The number of carbonyl (C=O) groups excluding carboxylic acids is 1. The highest BCUT2D eigenvalue weighted by Crippen LogP contribution is 2.10. The monoisotopic (exact) mass is 112 g/mol. The molecule has 0 aromatic carbocycles. The van der Waals surface area contributed by atoms with Crippen LogP contribution in [0.4, 0.5) is 0 Å². The maximum absolute atomic E-state index is 10.5. The third-order valence-electron chi connectivity index (χ3n) is 1.23. The number of hydrogen-bond donors (Lipinski definition) is 1. The first-order chi connectivity index (χ1) is 3.80. The van der Waals surface area contributed by atoms with Gasteiger partial charge < -0.3 is 5.11 Å². The van der Waals surface area contributed by atoms with Crippen LogP contribution in [0.1, 0.15) is 19.3 Å². The lowest BCUT2D eigenvalue weighted by atomic mass is 10.1. The first kappa shape index (κ1) is 5.35. The Hall–Kier alpha value is -0.790. The largest absolute Gasteiger partial charge is 0.505 e. The Morgan fingerprint density at radius 1 is 1.62 bits per heavy atom. The van der Waals surface area contributed by atoms with Gasteiger partial charge in [0.15, 0.2) is 11.5 Å². The third kappa shape index (κ3) is 0.886. The molecule has 0 saturated carbocycles. The van der Waals surface area contributed by atoms with Crippen LogP contribution in [0.25, 0.3) is 0 Å². The van der Waals surface area contributed by atoms with Crippen LogP contribution in [0.15, 0.2) is 11.8 Å². The van der Waals surface area contributed by atoms with Crippen LogP contribution in [-0.4, -0.2) is 10.9 Å². The second-order valence-corrected chi connectivity index (χ2v) is 1.90. The van der Waals surface area contributed by atoms with Crippen molar-refractivity contribution in [2.45, 2.75) is 19.3 Å². The Labute approximate surface area is 47.8 Å². The summed E-state index contributed by atoms with van der Waals surface area (Å²) in [5.41, 5.74) is 0. The second-order valence-electron chi connectivity index (χ2n) is 1.90. The predicted octanol–water partition coefficient (Wildman–Crippen LogP) is 1.18. The molecule has 1 aliphatic carbocycles. The van der Waals surface area contributed by atoms with E-state index in [-0.39, 0.29) is 11.5 Å². The first-order valence-electron chi connectivity index (χ1n) is 2.73. The van der Waals surface area contributed by atoms with Crippen molar-refractivity contribution in [1.29, 1.82) is 0 Å². The van der Waals surface area contributed by atoms with Crippen molar-refractivity contribution in [1.82, 2.24) is 0 Å². The summed E-state index contributed by atoms with van der Waals surface area (Å²) >= 11 is 0. The van der Waals surface area contributed by atoms with E-state index >= 15 is 0 Å². The van der Waals surface area contributed by atoms with Gasteiger partial charge in [0.2, 0.25) is 0 Å². The van der Waals surface area contributed by atoms with E-state index in [1.807, 2.05) is 0 Å². The van der Waals surface area contributed by atoms with Crippen LogP contribution in [0.3, 0.4) is 0 Å². The molecule has 0 aromatic rings. The summed E-state index contributed by atoms with van der Waals surface area (Å²) in [5, 5.41) is 8.69. The molecule has 0 unspecified atom stereocenters. The van der Waals surface area contributed by atoms with Gasteiger partial charge in [-0.15, -0.1) is 0 Å². The summed E-state index contributed by atoms with van der Waals surface area (Å²) in [6, 6.07) is 0. The normalized spacial score (nSPS) is 20.5. The number of Topliss-reactive ketones (excluding diaryl/α,β-unsaturated/α-hetero) is 1. The molecule has 1 N–H and O–H groups in total. The zero-order valence-electron chi connectivity index (χ0n) is 4.55. The molecule has 0 bridgehead atoms. The third-order valence-corrected chi connectivity index (χ3v) is 1.23. The Morgan fingerprint density at radius 3 is 2.75 bits per heavy atom. The number of aliphatic hydroxyl groups is 1. The smallest absolute Gasteiger partial charge is 0.196 e. The minimum atomic E-state index is -0.115. The molecule has 0 heterocycles. The van der Waals surface area contributed by atoms with Gasteiger partial charge in [-0.05, 0) is 18.9 Å². The van der Waals surface area contributed by atoms with E-state index < -0.39 is 0 Å². The molecule has 2 nitrogen and oxygen atoms in total. The van der Waals surface area contributed by atoms with E-state index in [0.717, 1.165) is 12.8 Å². The Kier molecular flexibility index (Phi) is 1.33. The fourth-order valence-corrected chi connectivity index (χ4v) is 0.743. The fraction of sp³-hybridized carbons (Fsp3) is 0.500.